The maximum atomic E-state index is 12.2. The standard InChI is InChI=1S/C15H23N3O/c1-11-5-6-14(16)13(9-11)15(19)17-12(2)10-18-7-3-4-8-18/h5-6,9,12H,3-4,7-8,10,16H2,1-2H3,(H,17,19). The summed E-state index contributed by atoms with van der Waals surface area (Å²) in [5.41, 5.74) is 8.02. The highest BCUT2D eigenvalue weighted by atomic mass is 16.1. The number of nitrogen functional groups attached to an aromatic ring is 1. The average molecular weight is 261 g/mol. The van der Waals surface area contributed by atoms with Crippen LogP contribution in [0.3, 0.4) is 0 Å². The van der Waals surface area contributed by atoms with Crippen LogP contribution in [0, 0.1) is 6.92 Å². The third-order valence-electron chi connectivity index (χ3n) is 3.56. The lowest BCUT2D eigenvalue weighted by Gasteiger charge is -2.21. The molecule has 19 heavy (non-hydrogen) atoms. The Balaban J connectivity index is 1.94. The third-order valence-corrected chi connectivity index (χ3v) is 3.56. The molecule has 1 aliphatic rings. The Kier molecular flexibility index (Phi) is 4.43. The van der Waals surface area contributed by atoms with E-state index in [0.717, 1.165) is 25.2 Å². The van der Waals surface area contributed by atoms with Crippen molar-refractivity contribution in [1.29, 1.82) is 0 Å². The maximum Gasteiger partial charge on any atom is 0.253 e. The second kappa shape index (κ2) is 6.06. The van der Waals surface area contributed by atoms with Crippen LogP contribution in [0.5, 0.6) is 0 Å². The monoisotopic (exact) mass is 261 g/mol. The smallest absolute Gasteiger partial charge is 0.253 e. The van der Waals surface area contributed by atoms with Gasteiger partial charge in [0.15, 0.2) is 0 Å². The van der Waals surface area contributed by atoms with Crippen LogP contribution in [0.2, 0.25) is 0 Å². The van der Waals surface area contributed by atoms with Crippen molar-refractivity contribution in [3.8, 4) is 0 Å². The summed E-state index contributed by atoms with van der Waals surface area (Å²) in [6.07, 6.45) is 2.54. The van der Waals surface area contributed by atoms with Crippen LogP contribution in [0.4, 0.5) is 5.69 Å². The molecule has 2 rings (SSSR count). The quantitative estimate of drug-likeness (QED) is 0.812. The van der Waals surface area contributed by atoms with Crippen LogP contribution >= 0.6 is 0 Å². The van der Waals surface area contributed by atoms with E-state index < -0.39 is 0 Å². The van der Waals surface area contributed by atoms with E-state index >= 15 is 0 Å². The van der Waals surface area contributed by atoms with Gasteiger partial charge in [-0.15, -0.1) is 0 Å². The lowest BCUT2D eigenvalue weighted by molar-refractivity contribution is 0.0932. The molecule has 1 atom stereocenters. The molecule has 0 spiro atoms. The van der Waals surface area contributed by atoms with Crippen LogP contribution in [-0.2, 0) is 0 Å². The van der Waals surface area contributed by atoms with Crippen LogP contribution in [0.1, 0.15) is 35.7 Å². The maximum absolute atomic E-state index is 12.2. The molecule has 104 valence electrons. The van der Waals surface area contributed by atoms with Crippen molar-refractivity contribution in [3.63, 3.8) is 0 Å². The number of amides is 1. The van der Waals surface area contributed by atoms with Crippen molar-refractivity contribution in [3.05, 3.63) is 29.3 Å². The highest BCUT2D eigenvalue weighted by molar-refractivity contribution is 5.99. The molecule has 0 aromatic heterocycles. The number of likely N-dealkylation sites (tertiary alicyclic amines) is 1. The number of anilines is 1. The van der Waals surface area contributed by atoms with Crippen LogP contribution < -0.4 is 11.1 Å². The molecule has 0 saturated carbocycles. The zero-order valence-electron chi connectivity index (χ0n) is 11.8. The van der Waals surface area contributed by atoms with Crippen molar-refractivity contribution in [2.24, 2.45) is 0 Å². The van der Waals surface area contributed by atoms with E-state index in [2.05, 4.69) is 10.2 Å². The first-order valence-corrected chi connectivity index (χ1v) is 6.95. The summed E-state index contributed by atoms with van der Waals surface area (Å²) in [6.45, 7) is 7.21. The fourth-order valence-electron chi connectivity index (χ4n) is 2.57. The van der Waals surface area contributed by atoms with Gasteiger partial charge in [-0.3, -0.25) is 4.79 Å². The highest BCUT2D eigenvalue weighted by Crippen LogP contribution is 2.14. The number of benzene rings is 1. The van der Waals surface area contributed by atoms with Gasteiger partial charge in [0.1, 0.15) is 0 Å². The summed E-state index contributed by atoms with van der Waals surface area (Å²) >= 11 is 0. The number of carbonyl (C=O) groups is 1. The van der Waals surface area contributed by atoms with E-state index in [0.29, 0.717) is 11.3 Å². The minimum Gasteiger partial charge on any atom is -0.398 e. The Morgan fingerprint density at radius 2 is 2.11 bits per heavy atom. The molecule has 0 aliphatic carbocycles. The second-order valence-electron chi connectivity index (χ2n) is 5.47. The molecular formula is C15H23N3O. The van der Waals surface area contributed by atoms with Crippen LogP contribution in [0.15, 0.2) is 18.2 Å². The zero-order chi connectivity index (χ0) is 13.8. The minimum absolute atomic E-state index is 0.0760. The summed E-state index contributed by atoms with van der Waals surface area (Å²) in [4.78, 5) is 14.6. The van der Waals surface area contributed by atoms with Gasteiger partial charge in [-0.2, -0.15) is 0 Å². The van der Waals surface area contributed by atoms with E-state index in [1.165, 1.54) is 12.8 Å². The van der Waals surface area contributed by atoms with Crippen molar-refractivity contribution in [2.75, 3.05) is 25.4 Å². The predicted molar refractivity (Wildman–Crippen MR) is 78.2 cm³/mol. The molecule has 4 heteroatoms. The van der Waals surface area contributed by atoms with Crippen LogP contribution in [0.25, 0.3) is 0 Å². The van der Waals surface area contributed by atoms with E-state index in [4.69, 9.17) is 5.73 Å². The molecule has 3 N–H and O–H groups in total. The Bertz CT molecular complexity index is 453. The van der Waals surface area contributed by atoms with E-state index in [1.807, 2.05) is 26.0 Å². The lowest BCUT2D eigenvalue weighted by atomic mass is 10.1. The fraction of sp³-hybridized carbons (Fsp3) is 0.533. The number of nitrogens with two attached hydrogens (primary N) is 1. The Labute approximate surface area is 115 Å². The van der Waals surface area contributed by atoms with Gasteiger partial charge in [-0.25, -0.2) is 0 Å². The molecule has 4 nitrogen and oxygen atoms in total. The first kappa shape index (κ1) is 13.9. The largest absolute Gasteiger partial charge is 0.398 e. The highest BCUT2D eigenvalue weighted by Gasteiger charge is 2.17. The fourth-order valence-corrected chi connectivity index (χ4v) is 2.57. The molecule has 1 unspecified atom stereocenters. The predicted octanol–water partition coefficient (Wildman–Crippen LogP) is 1.79. The molecule has 1 aromatic carbocycles. The number of hydrogen-bond donors (Lipinski definition) is 2. The summed E-state index contributed by atoms with van der Waals surface area (Å²) in [7, 11) is 0. The van der Waals surface area contributed by atoms with E-state index in [1.54, 1.807) is 6.07 Å². The molecular weight excluding hydrogens is 238 g/mol. The molecule has 0 bridgehead atoms. The minimum atomic E-state index is -0.0760. The van der Waals surface area contributed by atoms with Gasteiger partial charge in [0.25, 0.3) is 5.91 Å². The number of carbonyl (C=O) groups excluding carboxylic acids is 1. The topological polar surface area (TPSA) is 58.4 Å². The van der Waals surface area contributed by atoms with Gasteiger partial charge in [0.2, 0.25) is 0 Å². The molecule has 1 aliphatic heterocycles. The second-order valence-corrected chi connectivity index (χ2v) is 5.47. The van der Waals surface area contributed by atoms with E-state index in [9.17, 15) is 4.79 Å². The zero-order valence-corrected chi connectivity index (χ0v) is 11.8. The van der Waals surface area contributed by atoms with Crippen molar-refractivity contribution >= 4 is 11.6 Å². The van der Waals surface area contributed by atoms with Gasteiger partial charge in [0.05, 0.1) is 5.56 Å². The van der Waals surface area contributed by atoms with Gasteiger partial charge in [-0.05, 0) is 51.9 Å². The molecule has 1 amide bonds. The van der Waals surface area contributed by atoms with Crippen molar-refractivity contribution in [2.45, 2.75) is 32.7 Å². The average Bonchev–Trinajstić information content (AvgIpc) is 2.84. The third kappa shape index (κ3) is 3.70. The van der Waals surface area contributed by atoms with Crippen LogP contribution in [-0.4, -0.2) is 36.5 Å². The Morgan fingerprint density at radius 3 is 2.79 bits per heavy atom. The number of aryl methyl sites for hydroxylation is 1. The van der Waals surface area contributed by atoms with Crippen molar-refractivity contribution < 1.29 is 4.79 Å². The first-order chi connectivity index (χ1) is 9.06. The normalized spacial score (nSPS) is 17.4. The number of hydrogen-bond acceptors (Lipinski definition) is 3. The van der Waals surface area contributed by atoms with E-state index in [-0.39, 0.29) is 11.9 Å². The van der Waals surface area contributed by atoms with Gasteiger partial charge >= 0.3 is 0 Å². The van der Waals surface area contributed by atoms with Gasteiger partial charge in [0, 0.05) is 18.3 Å². The molecule has 1 saturated heterocycles. The summed E-state index contributed by atoms with van der Waals surface area (Å²) in [5, 5.41) is 3.03. The molecule has 1 fully saturated rings. The number of nitrogens with zero attached hydrogens (tertiary/aromatic N) is 1. The summed E-state index contributed by atoms with van der Waals surface area (Å²) in [6, 6.07) is 5.69. The van der Waals surface area contributed by atoms with Crippen molar-refractivity contribution in [1.82, 2.24) is 10.2 Å². The summed E-state index contributed by atoms with van der Waals surface area (Å²) in [5.74, 6) is -0.0760. The van der Waals surface area contributed by atoms with Gasteiger partial charge in [-0.1, -0.05) is 11.6 Å². The SMILES string of the molecule is Cc1ccc(N)c(C(=O)NC(C)CN2CCCC2)c1. The number of nitrogens with one attached hydrogen (secondary N) is 1. The molecule has 1 aromatic rings. The number of rotatable bonds is 4. The molecule has 0 radical (unpaired) electrons. The summed E-state index contributed by atoms with van der Waals surface area (Å²) < 4.78 is 0. The Morgan fingerprint density at radius 1 is 1.42 bits per heavy atom. The van der Waals surface area contributed by atoms with Gasteiger partial charge < -0.3 is 16.0 Å². The first-order valence-electron chi connectivity index (χ1n) is 6.95. The Hall–Kier alpha value is -1.55. The lowest BCUT2D eigenvalue weighted by Crippen LogP contribution is -2.41. The molecule has 1 heterocycles.